The predicted octanol–water partition coefficient (Wildman–Crippen LogP) is 11.8. The van der Waals surface area contributed by atoms with Crippen molar-refractivity contribution in [1.82, 2.24) is 0 Å². The van der Waals surface area contributed by atoms with Gasteiger partial charge in [0.05, 0.1) is 21.5 Å². The topological polar surface area (TPSA) is 27.7 Å². The van der Waals surface area contributed by atoms with Crippen molar-refractivity contribution in [2.45, 2.75) is 0 Å². The van der Waals surface area contributed by atoms with Crippen LogP contribution in [0.25, 0.3) is 64.6 Å². The molecular formula is C38H10BF13O3. The van der Waals surface area contributed by atoms with Gasteiger partial charge in [-0.1, -0.05) is 24.3 Å². The Kier molecular flexibility index (Phi) is 7.38. The normalized spacial score (nSPS) is 12.1. The Hall–Kier alpha value is -6.39. The number of hydrogen-bond donors (Lipinski definition) is 0. The summed E-state index contributed by atoms with van der Waals surface area (Å²) in [4.78, 5) is 0. The van der Waals surface area contributed by atoms with E-state index in [1.807, 2.05) is 0 Å². The van der Waals surface area contributed by atoms with E-state index in [4.69, 9.17) is 14.0 Å². The van der Waals surface area contributed by atoms with Crippen molar-refractivity contribution in [2.24, 2.45) is 0 Å². The summed E-state index contributed by atoms with van der Waals surface area (Å²) >= 11 is 0. The minimum absolute atomic E-state index is 0.00240. The zero-order valence-corrected chi connectivity index (χ0v) is 26.5. The Morgan fingerprint density at radius 3 is 1.18 bits per heavy atom. The molecule has 0 amide bonds. The molecule has 0 aromatic heterocycles. The highest BCUT2D eigenvalue weighted by atomic mass is 19.2. The Morgan fingerprint density at radius 1 is 0.327 bits per heavy atom. The SMILES string of the molecule is Fc1cc(F)c(F)c(OB(Oc2c(F)c(F)c3c(F)c(F)c4c(F)ccc5ccc2c3c54)Oc2c(F)c(F)c3c(F)c(F)c4c(F)ccc5ccc2c3c54)c1. The van der Waals surface area contributed by atoms with Gasteiger partial charge in [-0.05, 0) is 35.0 Å². The first-order chi connectivity index (χ1) is 26.2. The average molecular weight is 772 g/mol. The van der Waals surface area contributed by atoms with Crippen LogP contribution in [-0.2, 0) is 0 Å². The molecule has 17 heteroatoms. The van der Waals surface area contributed by atoms with Gasteiger partial charge < -0.3 is 14.0 Å². The van der Waals surface area contributed by atoms with E-state index in [1.165, 1.54) is 0 Å². The molecule has 9 aromatic carbocycles. The van der Waals surface area contributed by atoms with Crippen LogP contribution in [0.15, 0.2) is 60.7 Å². The highest BCUT2D eigenvalue weighted by Crippen LogP contribution is 2.47. The van der Waals surface area contributed by atoms with Gasteiger partial charge in [-0.15, -0.1) is 0 Å². The fourth-order valence-corrected chi connectivity index (χ4v) is 7.06. The summed E-state index contributed by atoms with van der Waals surface area (Å²) in [7, 11) is -2.95. The summed E-state index contributed by atoms with van der Waals surface area (Å²) in [6, 6.07) is 8.27. The van der Waals surface area contributed by atoms with E-state index in [-0.39, 0.29) is 22.9 Å². The van der Waals surface area contributed by atoms with Crippen molar-refractivity contribution in [2.75, 3.05) is 0 Å². The number of hydrogen-bond acceptors (Lipinski definition) is 3. The van der Waals surface area contributed by atoms with Gasteiger partial charge in [0.1, 0.15) is 23.2 Å². The second kappa shape index (κ2) is 11.8. The highest BCUT2D eigenvalue weighted by Gasteiger charge is 2.39. The van der Waals surface area contributed by atoms with Crippen LogP contribution in [0.3, 0.4) is 0 Å². The number of halogens is 13. The Labute approximate surface area is 296 Å². The molecule has 3 nitrogen and oxygen atoms in total. The van der Waals surface area contributed by atoms with Gasteiger partial charge in [0.2, 0.25) is 0 Å². The Balaban J connectivity index is 1.31. The van der Waals surface area contributed by atoms with Crippen molar-refractivity contribution < 1.29 is 71.0 Å². The molecule has 0 aliphatic carbocycles. The van der Waals surface area contributed by atoms with Crippen LogP contribution >= 0.6 is 0 Å². The molecule has 0 unspecified atom stereocenters. The Morgan fingerprint density at radius 2 is 0.727 bits per heavy atom. The molecule has 0 radical (unpaired) electrons. The summed E-state index contributed by atoms with van der Waals surface area (Å²) in [5.74, 6) is -28.3. The van der Waals surface area contributed by atoms with Gasteiger partial charge in [-0.3, -0.25) is 0 Å². The summed E-state index contributed by atoms with van der Waals surface area (Å²) in [5, 5.41) is -8.14. The van der Waals surface area contributed by atoms with E-state index in [1.54, 1.807) is 0 Å². The van der Waals surface area contributed by atoms with Gasteiger partial charge in [0.15, 0.2) is 69.7 Å². The zero-order valence-electron chi connectivity index (χ0n) is 26.5. The summed E-state index contributed by atoms with van der Waals surface area (Å²) in [6.45, 7) is 0. The molecule has 55 heavy (non-hydrogen) atoms. The maximum Gasteiger partial charge on any atom is 0.864 e. The molecule has 274 valence electrons. The molecule has 0 fully saturated rings. The number of benzene rings is 9. The largest absolute Gasteiger partial charge is 0.864 e. The van der Waals surface area contributed by atoms with Gasteiger partial charge in [0, 0.05) is 44.5 Å². The molecule has 0 atom stereocenters. The van der Waals surface area contributed by atoms with Crippen molar-refractivity contribution in [3.63, 3.8) is 0 Å². The van der Waals surface area contributed by atoms with E-state index >= 15 is 35.1 Å². The molecule has 0 aliphatic heterocycles. The number of rotatable bonds is 6. The van der Waals surface area contributed by atoms with Crippen molar-refractivity contribution in [3.8, 4) is 17.2 Å². The zero-order chi connectivity index (χ0) is 38.9. The first kappa shape index (κ1) is 34.4. The van der Waals surface area contributed by atoms with Gasteiger partial charge in [0.25, 0.3) is 0 Å². The fourth-order valence-electron chi connectivity index (χ4n) is 7.06. The molecule has 0 aliphatic rings. The van der Waals surface area contributed by atoms with Crippen LogP contribution in [0.4, 0.5) is 57.1 Å². The molecular weight excluding hydrogens is 762 g/mol. The fraction of sp³-hybridized carbons (Fsp3) is 0. The minimum Gasteiger partial charge on any atom is -0.487 e. The predicted molar refractivity (Wildman–Crippen MR) is 174 cm³/mol. The third-order valence-corrected chi connectivity index (χ3v) is 9.36. The van der Waals surface area contributed by atoms with E-state index in [0.29, 0.717) is 0 Å². The molecule has 0 saturated heterocycles. The minimum atomic E-state index is -2.95. The van der Waals surface area contributed by atoms with Gasteiger partial charge in [-0.25, -0.2) is 43.9 Å². The quantitative estimate of drug-likeness (QED) is 0.0729. The molecule has 0 N–H and O–H groups in total. The van der Waals surface area contributed by atoms with Gasteiger partial charge in [-0.2, -0.15) is 13.2 Å². The maximum absolute atomic E-state index is 16.0. The molecule has 9 rings (SSSR count). The summed E-state index contributed by atoms with van der Waals surface area (Å²) < 4.78 is 214. The van der Waals surface area contributed by atoms with Crippen molar-refractivity contribution >= 4 is 72.0 Å². The maximum atomic E-state index is 16.0. The van der Waals surface area contributed by atoms with E-state index in [2.05, 4.69) is 0 Å². The first-order valence-electron chi connectivity index (χ1n) is 15.6. The first-order valence-corrected chi connectivity index (χ1v) is 15.6. The lowest BCUT2D eigenvalue weighted by molar-refractivity contribution is 0.284. The molecule has 0 bridgehead atoms. The lowest BCUT2D eigenvalue weighted by Gasteiger charge is -2.22. The lowest BCUT2D eigenvalue weighted by Crippen LogP contribution is -2.38. The lowest BCUT2D eigenvalue weighted by atomic mass is 9.91. The van der Waals surface area contributed by atoms with Crippen LogP contribution in [0.5, 0.6) is 17.2 Å². The summed E-state index contributed by atoms with van der Waals surface area (Å²) in [5.41, 5.74) is 0. The average Bonchev–Trinajstić information content (AvgIpc) is 3.15. The van der Waals surface area contributed by atoms with Crippen LogP contribution in [-0.4, -0.2) is 7.32 Å². The standard InChI is InChI=1S/C38H10BF13O3/c40-13-9-18(43)28(44)19(10-13)53-39(54-37-14-5-1-11-3-7-16(41)24-20(11)22(14)26(31(47)29(24)45)33(49)35(37)51)55-38-15-6-2-12-4-8-17(42)25-21(12)23(15)27(32(48)30(25)46)34(50)36(38)52/h1-10H. The van der Waals surface area contributed by atoms with Crippen LogP contribution in [0.2, 0.25) is 0 Å². The molecule has 0 heterocycles. The van der Waals surface area contributed by atoms with Gasteiger partial charge >= 0.3 is 7.32 Å². The van der Waals surface area contributed by atoms with Crippen molar-refractivity contribution in [1.29, 1.82) is 0 Å². The van der Waals surface area contributed by atoms with Crippen LogP contribution in [0.1, 0.15) is 0 Å². The van der Waals surface area contributed by atoms with E-state index < -0.39 is 154 Å². The highest BCUT2D eigenvalue weighted by molar-refractivity contribution is 6.41. The van der Waals surface area contributed by atoms with Crippen molar-refractivity contribution in [3.05, 3.63) is 136 Å². The monoisotopic (exact) mass is 772 g/mol. The second-order valence-electron chi connectivity index (χ2n) is 12.3. The molecule has 0 spiro atoms. The van der Waals surface area contributed by atoms with Crippen LogP contribution < -0.4 is 14.0 Å². The molecule has 9 aromatic rings. The smallest absolute Gasteiger partial charge is 0.487 e. The van der Waals surface area contributed by atoms with E-state index in [0.717, 1.165) is 48.5 Å². The third-order valence-electron chi connectivity index (χ3n) is 9.36. The summed E-state index contributed by atoms with van der Waals surface area (Å²) in [6.07, 6.45) is 0. The second-order valence-corrected chi connectivity index (χ2v) is 12.3. The van der Waals surface area contributed by atoms with E-state index in [9.17, 15) is 22.0 Å². The molecule has 0 saturated carbocycles. The third kappa shape index (κ3) is 4.67. The Bertz CT molecular complexity index is 2960. The van der Waals surface area contributed by atoms with Crippen LogP contribution in [0, 0.1) is 75.6 Å².